The minimum atomic E-state index is -0.628. The average molecular weight is 547 g/mol. The van der Waals surface area contributed by atoms with E-state index >= 15 is 0 Å². The quantitative estimate of drug-likeness (QED) is 0.260. The number of nitrogens with zero attached hydrogens (tertiary/aromatic N) is 3. The fourth-order valence-electron chi connectivity index (χ4n) is 4.55. The van der Waals surface area contributed by atoms with Crippen molar-refractivity contribution >= 4 is 29.8 Å². The van der Waals surface area contributed by atoms with Crippen molar-refractivity contribution < 1.29 is 28.8 Å². The molecule has 39 heavy (non-hydrogen) atoms. The predicted octanol–water partition coefficient (Wildman–Crippen LogP) is 1.21. The SMILES string of the molecule is CC(=O)N1NCCC2C(C)C(C=O)NC(=O)C21.CCCCNC.CCOC(=O)C1CC(c2ccccn2)=NO1. The number of hydrogen-bond acceptors (Lipinski definition) is 10. The van der Waals surface area contributed by atoms with Gasteiger partial charge in [-0.3, -0.25) is 19.6 Å². The van der Waals surface area contributed by atoms with Gasteiger partial charge in [-0.15, -0.1) is 0 Å². The van der Waals surface area contributed by atoms with Crippen LogP contribution in [0.25, 0.3) is 0 Å². The minimum absolute atomic E-state index is 0.0455. The van der Waals surface area contributed by atoms with Crippen molar-refractivity contribution in [1.82, 2.24) is 26.1 Å². The van der Waals surface area contributed by atoms with E-state index in [1.165, 1.54) is 24.8 Å². The van der Waals surface area contributed by atoms with E-state index < -0.39 is 18.2 Å². The fraction of sp³-hybridized carbons (Fsp3) is 0.630. The molecule has 4 rings (SSSR count). The number of aldehydes is 1. The maximum absolute atomic E-state index is 12.0. The Bertz CT molecular complexity index is 971. The normalized spacial score (nSPS) is 25.3. The van der Waals surface area contributed by atoms with Gasteiger partial charge in [0.05, 0.1) is 18.3 Å². The van der Waals surface area contributed by atoms with Gasteiger partial charge in [0, 0.05) is 26.1 Å². The molecule has 0 bridgehead atoms. The molecule has 3 aliphatic rings. The van der Waals surface area contributed by atoms with E-state index in [-0.39, 0.29) is 29.6 Å². The third kappa shape index (κ3) is 9.10. The smallest absolute Gasteiger partial charge is 0.350 e. The molecule has 1 aromatic rings. The number of amides is 2. The van der Waals surface area contributed by atoms with Crippen molar-refractivity contribution in [2.45, 2.75) is 71.6 Å². The van der Waals surface area contributed by atoms with Crippen LogP contribution in [-0.4, -0.2) is 84.7 Å². The summed E-state index contributed by atoms with van der Waals surface area (Å²) in [5, 5.41) is 11.0. The van der Waals surface area contributed by atoms with Crippen molar-refractivity contribution in [2.24, 2.45) is 17.0 Å². The highest BCUT2D eigenvalue weighted by molar-refractivity contribution is 6.02. The van der Waals surface area contributed by atoms with Crippen LogP contribution in [0.3, 0.4) is 0 Å². The van der Waals surface area contributed by atoms with E-state index in [9.17, 15) is 19.2 Å². The van der Waals surface area contributed by atoms with E-state index in [0.29, 0.717) is 25.3 Å². The number of aromatic nitrogens is 1. The van der Waals surface area contributed by atoms with Gasteiger partial charge in [-0.25, -0.2) is 10.2 Å². The zero-order valence-corrected chi connectivity index (χ0v) is 23.5. The zero-order chi connectivity index (χ0) is 28.8. The summed E-state index contributed by atoms with van der Waals surface area (Å²) in [4.78, 5) is 54.8. The van der Waals surface area contributed by atoms with Gasteiger partial charge >= 0.3 is 5.97 Å². The molecule has 2 fully saturated rings. The van der Waals surface area contributed by atoms with Crippen LogP contribution in [0.15, 0.2) is 29.6 Å². The Labute approximate surface area is 230 Å². The molecule has 0 aromatic carbocycles. The van der Waals surface area contributed by atoms with E-state index in [0.717, 1.165) is 24.9 Å². The van der Waals surface area contributed by atoms with E-state index in [2.05, 4.69) is 33.1 Å². The van der Waals surface area contributed by atoms with Crippen molar-refractivity contribution in [3.63, 3.8) is 0 Å². The summed E-state index contributed by atoms with van der Waals surface area (Å²) < 4.78 is 4.85. The van der Waals surface area contributed by atoms with Crippen LogP contribution in [0.1, 0.15) is 59.1 Å². The number of unbranched alkanes of at least 4 members (excludes halogenated alkanes) is 1. The second-order valence-corrected chi connectivity index (χ2v) is 9.48. The molecule has 12 heteroatoms. The number of oxime groups is 1. The van der Waals surface area contributed by atoms with Crippen molar-refractivity contribution in [3.8, 4) is 0 Å². The van der Waals surface area contributed by atoms with Gasteiger partial charge in [0.25, 0.3) is 0 Å². The van der Waals surface area contributed by atoms with E-state index in [4.69, 9.17) is 9.57 Å². The van der Waals surface area contributed by atoms with Crippen LogP contribution in [0.5, 0.6) is 0 Å². The summed E-state index contributed by atoms with van der Waals surface area (Å²) in [5.41, 5.74) is 4.35. The number of ether oxygens (including phenoxy) is 1. The Balaban J connectivity index is 0.000000228. The second kappa shape index (κ2) is 16.6. The number of fused-ring (bicyclic) bond motifs is 1. The molecule has 1 aromatic heterocycles. The van der Waals surface area contributed by atoms with Crippen LogP contribution < -0.4 is 16.1 Å². The van der Waals surface area contributed by atoms with Gasteiger partial charge in [-0.2, -0.15) is 0 Å². The first-order valence-corrected chi connectivity index (χ1v) is 13.5. The summed E-state index contributed by atoms with van der Waals surface area (Å²) in [6.45, 7) is 9.49. The maximum Gasteiger partial charge on any atom is 0.350 e. The maximum atomic E-state index is 12.0. The minimum Gasteiger partial charge on any atom is -0.463 e. The summed E-state index contributed by atoms with van der Waals surface area (Å²) >= 11 is 0. The number of nitrogens with one attached hydrogen (secondary N) is 3. The third-order valence-corrected chi connectivity index (χ3v) is 6.71. The predicted molar refractivity (Wildman–Crippen MR) is 145 cm³/mol. The Kier molecular flexibility index (Phi) is 13.5. The van der Waals surface area contributed by atoms with Gasteiger partial charge in [0.2, 0.25) is 17.9 Å². The van der Waals surface area contributed by atoms with Crippen LogP contribution in [0.2, 0.25) is 0 Å². The average Bonchev–Trinajstić information content (AvgIpc) is 3.45. The Morgan fingerprint density at radius 3 is 2.64 bits per heavy atom. The number of carbonyl (C=O) groups excluding carboxylic acids is 4. The van der Waals surface area contributed by atoms with Crippen LogP contribution in [0.4, 0.5) is 0 Å². The third-order valence-electron chi connectivity index (χ3n) is 6.71. The number of rotatable bonds is 7. The lowest BCUT2D eigenvalue weighted by Crippen LogP contribution is -2.68. The molecule has 3 aliphatic heterocycles. The lowest BCUT2D eigenvalue weighted by molar-refractivity contribution is -0.154. The fourth-order valence-corrected chi connectivity index (χ4v) is 4.55. The molecule has 12 nitrogen and oxygen atoms in total. The molecule has 4 heterocycles. The first-order valence-electron chi connectivity index (χ1n) is 13.5. The molecule has 2 saturated heterocycles. The summed E-state index contributed by atoms with van der Waals surface area (Å²) in [5.74, 6) is -0.695. The summed E-state index contributed by atoms with van der Waals surface area (Å²) in [6, 6.07) is 4.59. The Morgan fingerprint density at radius 1 is 1.31 bits per heavy atom. The molecule has 0 aliphatic carbocycles. The van der Waals surface area contributed by atoms with Crippen LogP contribution >= 0.6 is 0 Å². The largest absolute Gasteiger partial charge is 0.463 e. The van der Waals surface area contributed by atoms with Gasteiger partial charge in [-0.1, -0.05) is 31.5 Å². The molecular formula is C27H42N6O6. The number of esters is 1. The topological polar surface area (TPSA) is 151 Å². The molecule has 216 valence electrons. The van der Waals surface area contributed by atoms with Crippen LogP contribution in [0, 0.1) is 11.8 Å². The Morgan fingerprint density at radius 2 is 2.08 bits per heavy atom. The number of hydrazine groups is 1. The number of carbonyl (C=O) groups is 4. The Hall–Kier alpha value is -3.38. The monoisotopic (exact) mass is 546 g/mol. The molecular weight excluding hydrogens is 504 g/mol. The molecule has 5 unspecified atom stereocenters. The van der Waals surface area contributed by atoms with Gasteiger partial charge in [-0.05, 0) is 57.3 Å². The first kappa shape index (κ1) is 31.8. The molecule has 2 amide bonds. The molecule has 0 saturated carbocycles. The molecule has 3 N–H and O–H groups in total. The molecule has 0 spiro atoms. The first-order chi connectivity index (χ1) is 18.8. The molecule has 0 radical (unpaired) electrons. The van der Waals surface area contributed by atoms with Crippen LogP contribution in [-0.2, 0) is 28.8 Å². The molecule has 5 atom stereocenters. The highest BCUT2D eigenvalue weighted by Gasteiger charge is 2.47. The van der Waals surface area contributed by atoms with Crippen molar-refractivity contribution in [1.29, 1.82) is 0 Å². The van der Waals surface area contributed by atoms with E-state index in [1.54, 1.807) is 13.1 Å². The van der Waals surface area contributed by atoms with Crippen molar-refractivity contribution in [3.05, 3.63) is 30.1 Å². The summed E-state index contributed by atoms with van der Waals surface area (Å²) in [7, 11) is 1.98. The second-order valence-electron chi connectivity index (χ2n) is 9.48. The summed E-state index contributed by atoms with van der Waals surface area (Å²) in [6.07, 6.45) is 5.63. The highest BCUT2D eigenvalue weighted by atomic mass is 16.7. The van der Waals surface area contributed by atoms with E-state index in [1.807, 2.05) is 32.2 Å². The zero-order valence-electron chi connectivity index (χ0n) is 23.5. The van der Waals surface area contributed by atoms with Crippen molar-refractivity contribution in [2.75, 3.05) is 26.7 Å². The number of piperidine rings is 1. The number of pyridine rings is 1. The number of hydrogen-bond donors (Lipinski definition) is 3. The standard InChI is InChI=1S/C11H17N3O3.C11H12N2O3.C5H13N/c1-6-8-3-4-12-14(7(2)16)10(8)11(17)13-9(6)5-15;1-2-15-11(14)10-7-9(13-16-10)8-5-3-4-6-12-8;1-3-4-5-6-2/h5-6,8-10,12H,3-4H2,1-2H3,(H,13,17);3-6,10H,2,7H2,1H3;6H,3-5H2,1-2H3. The van der Waals surface area contributed by atoms with Gasteiger partial charge in [0.1, 0.15) is 18.0 Å². The van der Waals surface area contributed by atoms with Gasteiger partial charge in [0.15, 0.2) is 0 Å². The lowest BCUT2D eigenvalue weighted by atomic mass is 9.76. The highest BCUT2D eigenvalue weighted by Crippen LogP contribution is 2.31. The lowest BCUT2D eigenvalue weighted by Gasteiger charge is -2.47. The van der Waals surface area contributed by atoms with Gasteiger partial charge < -0.3 is 25.0 Å².